The number of hydrogen-bond donors (Lipinski definition) is 2. The summed E-state index contributed by atoms with van der Waals surface area (Å²) in [6.07, 6.45) is 3.91. The van der Waals surface area contributed by atoms with Crippen LogP contribution in [0.2, 0.25) is 0 Å². The maximum absolute atomic E-state index is 5.73. The third-order valence-corrected chi connectivity index (χ3v) is 2.72. The maximum Gasteiger partial charge on any atom is 0.123 e. The normalized spacial score (nSPS) is 10.4. The minimum Gasteiger partial charge on any atom is -0.399 e. The van der Waals surface area contributed by atoms with Gasteiger partial charge in [0.25, 0.3) is 0 Å². The smallest absolute Gasteiger partial charge is 0.123 e. The molecule has 90 valence electrons. The highest BCUT2D eigenvalue weighted by Crippen LogP contribution is 2.09. The lowest BCUT2D eigenvalue weighted by Crippen LogP contribution is -2.07. The average molecular weight is 230 g/mol. The van der Waals surface area contributed by atoms with Crippen LogP contribution in [0.5, 0.6) is 0 Å². The van der Waals surface area contributed by atoms with Crippen LogP contribution >= 0.6 is 0 Å². The minimum absolute atomic E-state index is 0.835. The average Bonchev–Trinajstić information content (AvgIpc) is 2.71. The molecule has 2 rings (SSSR count). The topological polar surface area (TPSA) is 55.9 Å². The van der Waals surface area contributed by atoms with Crippen molar-refractivity contribution in [2.75, 3.05) is 17.6 Å². The van der Waals surface area contributed by atoms with E-state index in [9.17, 15) is 0 Å². The molecule has 0 saturated heterocycles. The number of anilines is 2. The van der Waals surface area contributed by atoms with Gasteiger partial charge in [0, 0.05) is 25.3 Å². The molecular weight excluding hydrogens is 212 g/mol. The van der Waals surface area contributed by atoms with Crippen LogP contribution in [-0.2, 0) is 13.5 Å². The van der Waals surface area contributed by atoms with Crippen LogP contribution in [0.3, 0.4) is 0 Å². The zero-order valence-electron chi connectivity index (χ0n) is 10.1. The van der Waals surface area contributed by atoms with E-state index in [-0.39, 0.29) is 0 Å². The van der Waals surface area contributed by atoms with E-state index in [0.717, 1.165) is 30.9 Å². The number of nitrogens with one attached hydrogen (secondary N) is 1. The fourth-order valence-electron chi connectivity index (χ4n) is 1.80. The Bertz CT molecular complexity index is 476. The largest absolute Gasteiger partial charge is 0.399 e. The molecule has 1 aromatic heterocycles. The quantitative estimate of drug-likeness (QED) is 0.610. The van der Waals surface area contributed by atoms with Crippen LogP contribution in [0.4, 0.5) is 11.5 Å². The summed E-state index contributed by atoms with van der Waals surface area (Å²) in [5.41, 5.74) is 7.86. The Kier molecular flexibility index (Phi) is 3.65. The van der Waals surface area contributed by atoms with Gasteiger partial charge in [-0.2, -0.15) is 5.10 Å². The molecule has 3 N–H and O–H groups in total. The maximum atomic E-state index is 5.73. The molecule has 0 radical (unpaired) electrons. The zero-order valence-corrected chi connectivity index (χ0v) is 10.1. The van der Waals surface area contributed by atoms with Crippen molar-refractivity contribution in [1.29, 1.82) is 0 Å². The highest BCUT2D eigenvalue weighted by molar-refractivity contribution is 5.40. The number of hydrogen-bond acceptors (Lipinski definition) is 3. The van der Waals surface area contributed by atoms with Crippen molar-refractivity contribution < 1.29 is 0 Å². The molecule has 0 aliphatic rings. The van der Waals surface area contributed by atoms with E-state index in [1.807, 2.05) is 36.0 Å². The zero-order chi connectivity index (χ0) is 12.1. The standard InChI is InChI=1S/C13H18N4/c1-17-13(7-9-16-17)15-8-3-5-11-4-2-6-12(14)10-11/h2,4,6-7,9-10,15H,3,5,8,14H2,1H3. The molecule has 0 fully saturated rings. The van der Waals surface area contributed by atoms with Gasteiger partial charge >= 0.3 is 0 Å². The summed E-state index contributed by atoms with van der Waals surface area (Å²) in [6.45, 7) is 0.939. The molecule has 1 heterocycles. The number of rotatable bonds is 5. The number of aryl methyl sites for hydroxylation is 2. The van der Waals surface area contributed by atoms with E-state index in [1.165, 1.54) is 5.56 Å². The number of aromatic nitrogens is 2. The molecule has 0 saturated carbocycles. The van der Waals surface area contributed by atoms with Crippen LogP contribution < -0.4 is 11.1 Å². The molecule has 0 atom stereocenters. The summed E-state index contributed by atoms with van der Waals surface area (Å²) in [5, 5.41) is 7.45. The van der Waals surface area contributed by atoms with Crippen LogP contribution in [0.1, 0.15) is 12.0 Å². The summed E-state index contributed by atoms with van der Waals surface area (Å²) < 4.78 is 1.83. The first-order chi connectivity index (χ1) is 8.25. The van der Waals surface area contributed by atoms with Gasteiger partial charge in [0.15, 0.2) is 0 Å². The molecule has 4 nitrogen and oxygen atoms in total. The van der Waals surface area contributed by atoms with E-state index >= 15 is 0 Å². The van der Waals surface area contributed by atoms with Crippen LogP contribution in [0, 0.1) is 0 Å². The monoisotopic (exact) mass is 230 g/mol. The summed E-state index contributed by atoms with van der Waals surface area (Å²) in [5.74, 6) is 1.05. The summed E-state index contributed by atoms with van der Waals surface area (Å²) >= 11 is 0. The van der Waals surface area contributed by atoms with Gasteiger partial charge in [-0.3, -0.25) is 4.68 Å². The van der Waals surface area contributed by atoms with E-state index in [4.69, 9.17) is 5.73 Å². The van der Waals surface area contributed by atoms with E-state index < -0.39 is 0 Å². The molecule has 17 heavy (non-hydrogen) atoms. The molecule has 0 aliphatic heterocycles. The van der Waals surface area contributed by atoms with Crippen molar-refractivity contribution in [3.63, 3.8) is 0 Å². The number of benzene rings is 1. The highest BCUT2D eigenvalue weighted by atomic mass is 15.3. The summed E-state index contributed by atoms with van der Waals surface area (Å²) in [7, 11) is 1.93. The van der Waals surface area contributed by atoms with E-state index in [2.05, 4.69) is 16.5 Å². The fraction of sp³-hybridized carbons (Fsp3) is 0.308. The first kappa shape index (κ1) is 11.5. The van der Waals surface area contributed by atoms with Crippen molar-refractivity contribution in [1.82, 2.24) is 9.78 Å². The Balaban J connectivity index is 1.75. The van der Waals surface area contributed by atoms with Gasteiger partial charge in [0.1, 0.15) is 5.82 Å². The second-order valence-corrected chi connectivity index (χ2v) is 4.12. The molecule has 4 heteroatoms. The number of nitrogens with two attached hydrogens (primary N) is 1. The van der Waals surface area contributed by atoms with Crippen molar-refractivity contribution in [3.8, 4) is 0 Å². The van der Waals surface area contributed by atoms with Crippen LogP contribution in [-0.4, -0.2) is 16.3 Å². The van der Waals surface area contributed by atoms with Crippen LogP contribution in [0.25, 0.3) is 0 Å². The van der Waals surface area contributed by atoms with Gasteiger partial charge < -0.3 is 11.1 Å². The second kappa shape index (κ2) is 5.39. The number of nitrogen functional groups attached to an aromatic ring is 1. The second-order valence-electron chi connectivity index (χ2n) is 4.12. The molecule has 2 aromatic rings. The first-order valence-corrected chi connectivity index (χ1v) is 5.82. The lowest BCUT2D eigenvalue weighted by molar-refractivity contribution is 0.760. The molecule has 0 bridgehead atoms. The number of nitrogens with zero attached hydrogens (tertiary/aromatic N) is 2. The van der Waals surface area contributed by atoms with Gasteiger partial charge in [0.2, 0.25) is 0 Å². The summed E-state index contributed by atoms with van der Waals surface area (Å²) in [6, 6.07) is 10.0. The molecular formula is C13H18N4. The SMILES string of the molecule is Cn1nccc1NCCCc1cccc(N)c1. The Hall–Kier alpha value is -1.97. The third kappa shape index (κ3) is 3.24. The Morgan fingerprint density at radius 3 is 2.94 bits per heavy atom. The Morgan fingerprint density at radius 2 is 2.24 bits per heavy atom. The summed E-state index contributed by atoms with van der Waals surface area (Å²) in [4.78, 5) is 0. The van der Waals surface area contributed by atoms with Crippen molar-refractivity contribution in [2.45, 2.75) is 12.8 Å². The van der Waals surface area contributed by atoms with E-state index in [1.54, 1.807) is 6.20 Å². The van der Waals surface area contributed by atoms with E-state index in [0.29, 0.717) is 0 Å². The molecule has 0 aliphatic carbocycles. The third-order valence-electron chi connectivity index (χ3n) is 2.72. The fourth-order valence-corrected chi connectivity index (χ4v) is 1.80. The first-order valence-electron chi connectivity index (χ1n) is 5.82. The molecule has 0 amide bonds. The van der Waals surface area contributed by atoms with Crippen molar-refractivity contribution in [3.05, 3.63) is 42.1 Å². The highest BCUT2D eigenvalue weighted by Gasteiger charge is 1.97. The predicted molar refractivity (Wildman–Crippen MR) is 70.9 cm³/mol. The van der Waals surface area contributed by atoms with Crippen molar-refractivity contribution >= 4 is 11.5 Å². The van der Waals surface area contributed by atoms with Gasteiger partial charge in [0.05, 0.1) is 6.20 Å². The van der Waals surface area contributed by atoms with Gasteiger partial charge in [-0.05, 0) is 30.5 Å². The lowest BCUT2D eigenvalue weighted by Gasteiger charge is -2.06. The van der Waals surface area contributed by atoms with Gasteiger partial charge in [-0.15, -0.1) is 0 Å². The lowest BCUT2D eigenvalue weighted by atomic mass is 10.1. The van der Waals surface area contributed by atoms with Crippen LogP contribution in [0.15, 0.2) is 36.5 Å². The molecule has 1 aromatic carbocycles. The Morgan fingerprint density at radius 1 is 1.35 bits per heavy atom. The van der Waals surface area contributed by atoms with Crippen molar-refractivity contribution in [2.24, 2.45) is 7.05 Å². The van der Waals surface area contributed by atoms with Gasteiger partial charge in [-0.1, -0.05) is 12.1 Å². The molecule has 0 spiro atoms. The van der Waals surface area contributed by atoms with Gasteiger partial charge in [-0.25, -0.2) is 0 Å². The predicted octanol–water partition coefficient (Wildman–Crippen LogP) is 2.05. The Labute approximate surface area is 101 Å². The molecule has 0 unspecified atom stereocenters. The minimum atomic E-state index is 0.835.